The summed E-state index contributed by atoms with van der Waals surface area (Å²) >= 11 is 0. The predicted octanol–water partition coefficient (Wildman–Crippen LogP) is 1.70. The lowest BCUT2D eigenvalue weighted by atomic mass is 10.0. The van der Waals surface area contributed by atoms with Gasteiger partial charge in [-0.25, -0.2) is 13.4 Å². The van der Waals surface area contributed by atoms with E-state index < -0.39 is 9.84 Å². The first kappa shape index (κ1) is 21.0. The second kappa shape index (κ2) is 9.65. The summed E-state index contributed by atoms with van der Waals surface area (Å²) < 4.78 is 32.4. The molecule has 0 amide bonds. The quantitative estimate of drug-likeness (QED) is 0.681. The molecule has 3 rings (SSSR count). The van der Waals surface area contributed by atoms with Gasteiger partial charge < -0.3 is 14.4 Å². The summed E-state index contributed by atoms with van der Waals surface area (Å²) in [5.74, 6) is -0.0995. The number of aromatic nitrogens is 2. The van der Waals surface area contributed by atoms with Crippen LogP contribution >= 0.6 is 0 Å². The van der Waals surface area contributed by atoms with E-state index in [0.717, 1.165) is 37.1 Å². The maximum absolute atomic E-state index is 12.8. The SMILES string of the molecule is COCCS(=O)(=O)c1ncc(CN2CCCC[C@H]2CO)n1Cc1ccccc1. The van der Waals surface area contributed by atoms with E-state index in [4.69, 9.17) is 4.74 Å². The van der Waals surface area contributed by atoms with Crippen LogP contribution in [0.4, 0.5) is 0 Å². The van der Waals surface area contributed by atoms with Gasteiger partial charge in [0.05, 0.1) is 37.4 Å². The van der Waals surface area contributed by atoms with Gasteiger partial charge in [0.2, 0.25) is 15.0 Å². The largest absolute Gasteiger partial charge is 0.395 e. The second-order valence-corrected chi connectivity index (χ2v) is 9.22. The van der Waals surface area contributed by atoms with Crippen LogP contribution in [0.5, 0.6) is 0 Å². The van der Waals surface area contributed by atoms with Crippen LogP contribution in [0.1, 0.15) is 30.5 Å². The summed E-state index contributed by atoms with van der Waals surface area (Å²) in [5, 5.41) is 9.79. The van der Waals surface area contributed by atoms with Gasteiger partial charge >= 0.3 is 0 Å². The van der Waals surface area contributed by atoms with Crippen LogP contribution in [0.15, 0.2) is 41.7 Å². The molecule has 1 aliphatic rings. The molecule has 0 unspecified atom stereocenters. The number of rotatable bonds is 9. The van der Waals surface area contributed by atoms with Crippen molar-refractivity contribution in [2.24, 2.45) is 0 Å². The highest BCUT2D eigenvalue weighted by atomic mass is 32.2. The standard InChI is InChI=1S/C20H29N3O4S/c1-27-11-12-28(25,26)20-21-13-19(15-22-10-6-5-9-18(22)16-24)23(20)14-17-7-3-2-4-8-17/h2-4,7-8,13,18,24H,5-6,9-12,14-16H2,1H3/t18-/m0/s1. The van der Waals surface area contributed by atoms with Gasteiger partial charge in [0, 0.05) is 19.7 Å². The van der Waals surface area contributed by atoms with Gasteiger partial charge in [-0.3, -0.25) is 4.90 Å². The van der Waals surface area contributed by atoms with Crippen LogP contribution in [-0.2, 0) is 27.7 Å². The van der Waals surface area contributed by atoms with Crippen molar-refractivity contribution in [2.75, 3.05) is 32.6 Å². The summed E-state index contributed by atoms with van der Waals surface area (Å²) in [4.78, 5) is 6.51. The van der Waals surface area contributed by atoms with Gasteiger partial charge in [-0.1, -0.05) is 36.8 Å². The molecule has 1 fully saturated rings. The van der Waals surface area contributed by atoms with Gasteiger partial charge in [-0.15, -0.1) is 0 Å². The lowest BCUT2D eigenvalue weighted by molar-refractivity contribution is 0.0820. The average Bonchev–Trinajstić information content (AvgIpc) is 3.11. The number of methoxy groups -OCH3 is 1. The van der Waals surface area contributed by atoms with Gasteiger partial charge in [0.25, 0.3) is 0 Å². The number of imidazole rings is 1. The fourth-order valence-electron chi connectivity index (χ4n) is 3.67. The minimum Gasteiger partial charge on any atom is -0.395 e. The van der Waals surface area contributed by atoms with Gasteiger partial charge in [-0.05, 0) is 24.9 Å². The van der Waals surface area contributed by atoms with E-state index in [0.29, 0.717) is 13.1 Å². The molecule has 1 atom stereocenters. The Bertz CT molecular complexity index is 852. The number of ether oxygens (including phenoxy) is 1. The number of sulfone groups is 1. The van der Waals surface area contributed by atoms with E-state index >= 15 is 0 Å². The summed E-state index contributed by atoms with van der Waals surface area (Å²) in [5.41, 5.74) is 1.86. The topological polar surface area (TPSA) is 84.7 Å². The summed E-state index contributed by atoms with van der Waals surface area (Å²) in [6, 6.07) is 9.89. The summed E-state index contributed by atoms with van der Waals surface area (Å²) in [7, 11) is -2.06. The van der Waals surface area contributed by atoms with Crippen LogP contribution in [0.25, 0.3) is 0 Å². The normalized spacial score (nSPS) is 18.4. The molecule has 2 aromatic rings. The zero-order chi connectivity index (χ0) is 20.0. The molecule has 1 aliphatic heterocycles. The molecule has 0 radical (unpaired) electrons. The Morgan fingerprint density at radius 1 is 1.21 bits per heavy atom. The van der Waals surface area contributed by atoms with E-state index in [-0.39, 0.29) is 30.2 Å². The highest BCUT2D eigenvalue weighted by Gasteiger charge is 2.27. The zero-order valence-corrected chi connectivity index (χ0v) is 17.1. The first-order valence-electron chi connectivity index (χ1n) is 9.70. The van der Waals surface area contributed by atoms with Gasteiger partial charge in [-0.2, -0.15) is 0 Å². The number of aliphatic hydroxyl groups is 1. The molecular weight excluding hydrogens is 378 g/mol. The number of benzene rings is 1. The third-order valence-corrected chi connectivity index (χ3v) is 6.83. The first-order chi connectivity index (χ1) is 13.5. The Morgan fingerprint density at radius 3 is 2.71 bits per heavy atom. The van der Waals surface area contributed by atoms with Crippen molar-refractivity contribution < 1.29 is 18.3 Å². The molecule has 0 aliphatic carbocycles. The molecule has 2 heterocycles. The lowest BCUT2D eigenvalue weighted by Crippen LogP contribution is -2.41. The van der Waals surface area contributed by atoms with Crippen molar-refractivity contribution in [2.45, 2.75) is 43.6 Å². The highest BCUT2D eigenvalue weighted by Crippen LogP contribution is 2.22. The minimum absolute atomic E-state index is 0.0842. The fraction of sp³-hybridized carbons (Fsp3) is 0.550. The van der Waals surface area contributed by atoms with Crippen molar-refractivity contribution in [3.63, 3.8) is 0 Å². The number of aliphatic hydroxyl groups excluding tert-OH is 1. The molecule has 0 spiro atoms. The molecule has 28 heavy (non-hydrogen) atoms. The van der Waals surface area contributed by atoms with Crippen molar-refractivity contribution in [1.82, 2.24) is 14.5 Å². The van der Waals surface area contributed by atoms with Gasteiger partial charge in [0.15, 0.2) is 0 Å². The molecule has 1 N–H and O–H groups in total. The summed E-state index contributed by atoms with van der Waals surface area (Å²) in [6.45, 7) is 2.16. The van der Waals surface area contributed by atoms with Crippen molar-refractivity contribution >= 4 is 9.84 Å². The van der Waals surface area contributed by atoms with Crippen LogP contribution in [0.3, 0.4) is 0 Å². The van der Waals surface area contributed by atoms with Gasteiger partial charge in [0.1, 0.15) is 0 Å². The minimum atomic E-state index is -3.55. The predicted molar refractivity (Wildman–Crippen MR) is 107 cm³/mol. The molecule has 1 saturated heterocycles. The zero-order valence-electron chi connectivity index (χ0n) is 16.3. The van der Waals surface area contributed by atoms with Crippen molar-refractivity contribution in [3.05, 3.63) is 47.8 Å². The molecule has 8 heteroatoms. The fourth-order valence-corrected chi connectivity index (χ4v) is 4.97. The number of hydrogen-bond donors (Lipinski definition) is 1. The van der Waals surface area contributed by atoms with E-state index in [9.17, 15) is 13.5 Å². The maximum atomic E-state index is 12.8. The van der Waals surface area contributed by atoms with E-state index in [1.54, 1.807) is 10.8 Å². The molecule has 7 nitrogen and oxygen atoms in total. The first-order valence-corrected chi connectivity index (χ1v) is 11.4. The maximum Gasteiger partial charge on any atom is 0.228 e. The third-order valence-electron chi connectivity index (χ3n) is 5.24. The monoisotopic (exact) mass is 407 g/mol. The van der Waals surface area contributed by atoms with E-state index in [2.05, 4.69) is 9.88 Å². The molecule has 1 aromatic heterocycles. The smallest absolute Gasteiger partial charge is 0.228 e. The summed E-state index contributed by atoms with van der Waals surface area (Å²) in [6.07, 6.45) is 4.82. The Morgan fingerprint density at radius 2 is 2.00 bits per heavy atom. The highest BCUT2D eigenvalue weighted by molar-refractivity contribution is 7.91. The Kier molecular flexibility index (Phi) is 7.23. The number of hydrogen-bond acceptors (Lipinski definition) is 6. The van der Waals surface area contributed by atoms with Crippen LogP contribution < -0.4 is 0 Å². The number of piperidine rings is 1. The lowest BCUT2D eigenvalue weighted by Gasteiger charge is -2.34. The van der Waals surface area contributed by atoms with Crippen LogP contribution in [-0.4, -0.2) is 66.6 Å². The van der Waals surface area contributed by atoms with Crippen molar-refractivity contribution in [1.29, 1.82) is 0 Å². The molecule has 1 aromatic carbocycles. The van der Waals surface area contributed by atoms with Crippen molar-refractivity contribution in [3.8, 4) is 0 Å². The average molecular weight is 408 g/mol. The Balaban J connectivity index is 1.92. The molecule has 0 saturated carbocycles. The van der Waals surface area contributed by atoms with Crippen LogP contribution in [0.2, 0.25) is 0 Å². The second-order valence-electron chi connectivity index (χ2n) is 7.22. The molecule has 154 valence electrons. The van der Waals surface area contributed by atoms with Crippen LogP contribution in [0, 0.1) is 0 Å². The Hall–Kier alpha value is -1.74. The van der Waals surface area contributed by atoms with E-state index in [1.165, 1.54) is 7.11 Å². The third kappa shape index (κ3) is 5.00. The molecule has 0 bridgehead atoms. The van der Waals surface area contributed by atoms with E-state index in [1.807, 2.05) is 30.3 Å². The number of nitrogens with zero attached hydrogens (tertiary/aromatic N) is 3. The number of likely N-dealkylation sites (tertiary alicyclic amines) is 1. The Labute approximate surface area is 166 Å². The molecular formula is C20H29N3O4S.